The van der Waals surface area contributed by atoms with Gasteiger partial charge in [-0.1, -0.05) is 12.8 Å². The van der Waals surface area contributed by atoms with Crippen LogP contribution in [-0.4, -0.2) is 37.0 Å². The number of amides is 1. The van der Waals surface area contributed by atoms with E-state index in [1.54, 1.807) is 0 Å². The Balaban J connectivity index is 2.19. The molecule has 1 fully saturated rings. The number of carbonyl (C=O) groups is 1. The van der Waals surface area contributed by atoms with E-state index in [4.69, 9.17) is 11.6 Å². The molecule has 0 aromatic heterocycles. The van der Waals surface area contributed by atoms with Crippen LogP contribution in [-0.2, 0) is 9.53 Å². The molecule has 6 heteroatoms. The van der Waals surface area contributed by atoms with Gasteiger partial charge in [0.15, 0.2) is 0 Å². The van der Waals surface area contributed by atoms with Crippen LogP contribution >= 0.6 is 11.6 Å². The molecule has 0 spiro atoms. The highest BCUT2D eigenvalue weighted by Gasteiger charge is 2.34. The lowest BCUT2D eigenvalue weighted by atomic mass is 10.0. The molecule has 1 N–H and O–H groups in total. The van der Waals surface area contributed by atoms with Gasteiger partial charge in [0, 0.05) is 12.3 Å². The standard InChI is InChI=1S/C11H18ClF2NO2/c12-8-11(4-1-2-5-11)15-10(16)3-6-17-7-9(13)14/h9H,1-8H2,(H,15,16). The number of halogens is 3. The first kappa shape index (κ1) is 14.6. The second-order valence-corrected chi connectivity index (χ2v) is 4.65. The Hall–Kier alpha value is -0.420. The molecule has 3 nitrogen and oxygen atoms in total. The fourth-order valence-electron chi connectivity index (χ4n) is 2.04. The Bertz CT molecular complexity index is 246. The van der Waals surface area contributed by atoms with E-state index in [1.165, 1.54) is 0 Å². The molecule has 17 heavy (non-hydrogen) atoms. The maximum atomic E-state index is 11.8. The van der Waals surface area contributed by atoms with Gasteiger partial charge < -0.3 is 10.1 Å². The van der Waals surface area contributed by atoms with Crippen LogP contribution in [0.1, 0.15) is 32.1 Å². The lowest BCUT2D eigenvalue weighted by Crippen LogP contribution is -2.48. The van der Waals surface area contributed by atoms with Crippen molar-refractivity contribution < 1.29 is 18.3 Å². The number of ether oxygens (including phenoxy) is 1. The summed E-state index contributed by atoms with van der Waals surface area (Å²) in [5, 5.41) is 2.89. The molecule has 0 saturated heterocycles. The zero-order valence-electron chi connectivity index (χ0n) is 9.68. The molecular weight excluding hydrogens is 252 g/mol. The summed E-state index contributed by atoms with van der Waals surface area (Å²) in [5.74, 6) is 0.221. The first-order valence-corrected chi connectivity index (χ1v) is 6.34. The minimum Gasteiger partial charge on any atom is -0.375 e. The molecule has 0 aromatic rings. The van der Waals surface area contributed by atoms with Crippen LogP contribution in [0.3, 0.4) is 0 Å². The predicted octanol–water partition coefficient (Wildman–Crippen LogP) is 2.33. The summed E-state index contributed by atoms with van der Waals surface area (Å²) in [6.07, 6.45) is 1.53. The molecule has 0 heterocycles. The summed E-state index contributed by atoms with van der Waals surface area (Å²) in [6.45, 7) is -0.595. The minimum atomic E-state index is -2.48. The first-order valence-electron chi connectivity index (χ1n) is 5.81. The number of alkyl halides is 3. The minimum absolute atomic E-state index is 0.0224. The fraction of sp³-hybridized carbons (Fsp3) is 0.909. The summed E-state index contributed by atoms with van der Waals surface area (Å²) in [5.41, 5.74) is -0.290. The Labute approximate surface area is 105 Å². The zero-order valence-corrected chi connectivity index (χ0v) is 10.4. The zero-order chi connectivity index (χ0) is 12.7. The Kier molecular flexibility index (Phi) is 6.12. The van der Waals surface area contributed by atoms with Crippen LogP contribution in [0.5, 0.6) is 0 Å². The van der Waals surface area contributed by atoms with Crippen molar-refractivity contribution in [3.63, 3.8) is 0 Å². The van der Waals surface area contributed by atoms with Crippen molar-refractivity contribution >= 4 is 17.5 Å². The number of rotatable bonds is 7. The van der Waals surface area contributed by atoms with E-state index in [1.807, 2.05) is 0 Å². The van der Waals surface area contributed by atoms with Gasteiger partial charge in [-0.15, -0.1) is 11.6 Å². The van der Waals surface area contributed by atoms with Crippen LogP contribution in [0, 0.1) is 0 Å². The normalized spacial score (nSPS) is 18.6. The molecule has 1 saturated carbocycles. The van der Waals surface area contributed by atoms with Crippen LogP contribution < -0.4 is 5.32 Å². The molecule has 0 bridgehead atoms. The van der Waals surface area contributed by atoms with Gasteiger partial charge in [-0.3, -0.25) is 4.79 Å². The van der Waals surface area contributed by atoms with E-state index in [-0.39, 0.29) is 24.5 Å². The lowest BCUT2D eigenvalue weighted by Gasteiger charge is -2.27. The van der Waals surface area contributed by atoms with E-state index in [9.17, 15) is 13.6 Å². The van der Waals surface area contributed by atoms with Crippen molar-refractivity contribution in [2.45, 2.75) is 44.1 Å². The Morgan fingerprint density at radius 1 is 1.41 bits per heavy atom. The Morgan fingerprint density at radius 2 is 2.06 bits per heavy atom. The molecule has 100 valence electrons. The van der Waals surface area contributed by atoms with Crippen LogP contribution in [0.2, 0.25) is 0 Å². The maximum absolute atomic E-state index is 11.8. The Morgan fingerprint density at radius 3 is 2.59 bits per heavy atom. The fourth-order valence-corrected chi connectivity index (χ4v) is 2.37. The third-order valence-electron chi connectivity index (χ3n) is 2.94. The van der Waals surface area contributed by atoms with Gasteiger partial charge in [0.05, 0.1) is 12.1 Å². The van der Waals surface area contributed by atoms with Crippen LogP contribution in [0.4, 0.5) is 8.78 Å². The van der Waals surface area contributed by atoms with Gasteiger partial charge in [0.25, 0.3) is 6.43 Å². The largest absolute Gasteiger partial charge is 0.375 e. The van der Waals surface area contributed by atoms with E-state index in [2.05, 4.69) is 10.1 Å². The molecule has 1 aliphatic carbocycles. The van der Waals surface area contributed by atoms with Crippen molar-refractivity contribution in [3.05, 3.63) is 0 Å². The summed E-state index contributed by atoms with van der Waals surface area (Å²) in [6, 6.07) is 0. The quantitative estimate of drug-likeness (QED) is 0.569. The third kappa shape index (κ3) is 5.17. The number of nitrogens with one attached hydrogen (secondary N) is 1. The topological polar surface area (TPSA) is 38.3 Å². The average Bonchev–Trinajstić information content (AvgIpc) is 2.73. The van der Waals surface area contributed by atoms with Crippen LogP contribution in [0.15, 0.2) is 0 Å². The van der Waals surface area contributed by atoms with Crippen molar-refractivity contribution in [2.24, 2.45) is 0 Å². The highest BCUT2D eigenvalue weighted by atomic mass is 35.5. The van der Waals surface area contributed by atoms with Gasteiger partial charge in [-0.25, -0.2) is 8.78 Å². The summed E-state index contributed by atoms with van der Waals surface area (Å²) in [4.78, 5) is 11.6. The van der Waals surface area contributed by atoms with Gasteiger partial charge in [0.2, 0.25) is 5.91 Å². The van der Waals surface area contributed by atoms with Crippen molar-refractivity contribution in [1.82, 2.24) is 5.32 Å². The van der Waals surface area contributed by atoms with Crippen LogP contribution in [0.25, 0.3) is 0 Å². The van der Waals surface area contributed by atoms with E-state index >= 15 is 0 Å². The molecule has 0 radical (unpaired) electrons. The smallest absolute Gasteiger partial charge is 0.261 e. The van der Waals surface area contributed by atoms with Crippen molar-refractivity contribution in [2.75, 3.05) is 19.1 Å². The van der Waals surface area contributed by atoms with Gasteiger partial charge in [-0.05, 0) is 12.8 Å². The molecule has 0 unspecified atom stereocenters. The van der Waals surface area contributed by atoms with Crippen molar-refractivity contribution in [3.8, 4) is 0 Å². The summed E-state index contributed by atoms with van der Waals surface area (Å²) >= 11 is 5.87. The first-order chi connectivity index (χ1) is 8.08. The summed E-state index contributed by atoms with van der Waals surface area (Å²) < 4.78 is 28.2. The number of hydrogen-bond donors (Lipinski definition) is 1. The molecule has 1 amide bonds. The van der Waals surface area contributed by atoms with Gasteiger partial charge >= 0.3 is 0 Å². The average molecular weight is 270 g/mol. The monoisotopic (exact) mass is 269 g/mol. The number of carbonyl (C=O) groups excluding carboxylic acids is 1. The van der Waals surface area contributed by atoms with Gasteiger partial charge in [0.1, 0.15) is 6.61 Å². The predicted molar refractivity (Wildman–Crippen MR) is 61.5 cm³/mol. The molecule has 0 atom stereocenters. The maximum Gasteiger partial charge on any atom is 0.261 e. The van der Waals surface area contributed by atoms with E-state index in [0.717, 1.165) is 25.7 Å². The second kappa shape index (κ2) is 7.11. The second-order valence-electron chi connectivity index (χ2n) is 4.39. The van der Waals surface area contributed by atoms with Gasteiger partial charge in [-0.2, -0.15) is 0 Å². The molecule has 1 aliphatic rings. The van der Waals surface area contributed by atoms with E-state index < -0.39 is 13.0 Å². The molecular formula is C11H18ClF2NO2. The van der Waals surface area contributed by atoms with Crippen molar-refractivity contribution in [1.29, 1.82) is 0 Å². The lowest BCUT2D eigenvalue weighted by molar-refractivity contribution is -0.124. The third-order valence-corrected chi connectivity index (χ3v) is 3.45. The molecule has 0 aromatic carbocycles. The molecule has 1 rings (SSSR count). The summed E-state index contributed by atoms with van der Waals surface area (Å²) in [7, 11) is 0. The number of hydrogen-bond acceptors (Lipinski definition) is 2. The van der Waals surface area contributed by atoms with E-state index in [0.29, 0.717) is 5.88 Å². The SMILES string of the molecule is O=C(CCOCC(F)F)NC1(CCl)CCCC1. The highest BCUT2D eigenvalue weighted by Crippen LogP contribution is 2.30. The highest BCUT2D eigenvalue weighted by molar-refractivity contribution is 6.18. The molecule has 0 aliphatic heterocycles.